The Morgan fingerprint density at radius 3 is 2.50 bits per heavy atom. The fourth-order valence-electron chi connectivity index (χ4n) is 1.62. The van der Waals surface area contributed by atoms with E-state index in [-0.39, 0.29) is 11.3 Å². The topological polar surface area (TPSA) is 46.9 Å². The number of hydrogen-bond donors (Lipinski definition) is 1. The molecule has 0 spiro atoms. The van der Waals surface area contributed by atoms with Crippen LogP contribution in [-0.2, 0) is 24.7 Å². The molecule has 0 saturated carbocycles. The molecule has 102 valence electrons. The van der Waals surface area contributed by atoms with Crippen molar-refractivity contribution in [2.45, 2.75) is 46.1 Å². The Balaban J connectivity index is 2.68. The van der Waals surface area contributed by atoms with E-state index < -0.39 is 0 Å². The third-order valence-corrected chi connectivity index (χ3v) is 3.12. The lowest BCUT2D eigenvalue weighted by molar-refractivity contribution is -0.118. The molecule has 0 saturated heterocycles. The molecule has 0 radical (unpaired) electrons. The molecule has 0 bridgehead atoms. The molecule has 0 unspecified atom stereocenters. The lowest BCUT2D eigenvalue weighted by Gasteiger charge is -2.19. The SMILES string of the molecule is CCc1nn(C)c(CC(=O)CNC(C)(C)C)c1Cl. The van der Waals surface area contributed by atoms with Crippen molar-refractivity contribution in [1.82, 2.24) is 15.1 Å². The summed E-state index contributed by atoms with van der Waals surface area (Å²) in [5.74, 6) is 0.123. The van der Waals surface area contributed by atoms with E-state index in [4.69, 9.17) is 11.6 Å². The first-order valence-electron chi connectivity index (χ1n) is 6.21. The number of ketones is 1. The second kappa shape index (κ2) is 5.85. The van der Waals surface area contributed by atoms with E-state index in [1.165, 1.54) is 0 Å². The second-order valence-electron chi connectivity index (χ2n) is 5.50. The lowest BCUT2D eigenvalue weighted by atomic mass is 10.1. The molecule has 0 atom stereocenters. The van der Waals surface area contributed by atoms with Gasteiger partial charge in [-0.15, -0.1) is 0 Å². The maximum absolute atomic E-state index is 11.9. The summed E-state index contributed by atoms with van der Waals surface area (Å²) in [5, 5.41) is 8.11. The maximum Gasteiger partial charge on any atom is 0.152 e. The van der Waals surface area contributed by atoms with E-state index in [0.717, 1.165) is 17.8 Å². The van der Waals surface area contributed by atoms with E-state index >= 15 is 0 Å². The van der Waals surface area contributed by atoms with Crippen LogP contribution in [0.1, 0.15) is 39.1 Å². The highest BCUT2D eigenvalue weighted by Gasteiger charge is 2.17. The number of nitrogens with zero attached hydrogens (tertiary/aromatic N) is 2. The predicted octanol–water partition coefficient (Wildman–Crippen LogP) is 2.14. The standard InChI is InChI=1S/C13H22ClN3O/c1-6-10-12(14)11(17(5)16-10)7-9(18)8-15-13(2,3)4/h15H,6-8H2,1-5H3. The Morgan fingerprint density at radius 2 is 2.06 bits per heavy atom. The van der Waals surface area contributed by atoms with Crippen LogP contribution in [-0.4, -0.2) is 27.6 Å². The number of nitrogens with one attached hydrogen (secondary N) is 1. The van der Waals surface area contributed by atoms with E-state index in [1.807, 2.05) is 34.7 Å². The van der Waals surface area contributed by atoms with Gasteiger partial charge in [0.1, 0.15) is 0 Å². The summed E-state index contributed by atoms with van der Waals surface area (Å²) in [6.45, 7) is 8.46. The van der Waals surface area contributed by atoms with Crippen LogP contribution in [0.2, 0.25) is 5.02 Å². The predicted molar refractivity (Wildman–Crippen MR) is 74.1 cm³/mol. The first-order valence-corrected chi connectivity index (χ1v) is 6.59. The van der Waals surface area contributed by atoms with Crippen LogP contribution in [0.15, 0.2) is 0 Å². The number of carbonyl (C=O) groups is 1. The van der Waals surface area contributed by atoms with Crippen molar-refractivity contribution in [3.8, 4) is 0 Å². The van der Waals surface area contributed by atoms with Crippen LogP contribution in [0.25, 0.3) is 0 Å². The molecule has 1 N–H and O–H groups in total. The van der Waals surface area contributed by atoms with Gasteiger partial charge >= 0.3 is 0 Å². The molecular weight excluding hydrogens is 250 g/mol. The zero-order valence-corrected chi connectivity index (χ0v) is 12.6. The Kier molecular flexibility index (Phi) is 4.93. The Bertz CT molecular complexity index is 432. The second-order valence-corrected chi connectivity index (χ2v) is 5.88. The van der Waals surface area contributed by atoms with Gasteiger partial charge < -0.3 is 5.32 Å². The molecule has 18 heavy (non-hydrogen) atoms. The largest absolute Gasteiger partial charge is 0.305 e. The third kappa shape index (κ3) is 4.10. The van der Waals surface area contributed by atoms with Gasteiger partial charge in [-0.3, -0.25) is 9.48 Å². The molecule has 1 aromatic heterocycles. The number of rotatable bonds is 5. The van der Waals surface area contributed by atoms with Crippen molar-refractivity contribution in [2.75, 3.05) is 6.54 Å². The molecule has 0 fully saturated rings. The van der Waals surface area contributed by atoms with Crippen LogP contribution in [0, 0.1) is 0 Å². The average molecular weight is 272 g/mol. The first-order chi connectivity index (χ1) is 8.24. The minimum absolute atomic E-state index is 0.0551. The monoisotopic (exact) mass is 271 g/mol. The van der Waals surface area contributed by atoms with Gasteiger partial charge in [-0.1, -0.05) is 18.5 Å². The highest BCUT2D eigenvalue weighted by Crippen LogP contribution is 2.21. The highest BCUT2D eigenvalue weighted by atomic mass is 35.5. The summed E-state index contributed by atoms with van der Waals surface area (Å²) >= 11 is 6.21. The maximum atomic E-state index is 11.9. The van der Waals surface area contributed by atoms with Gasteiger partial charge in [0.15, 0.2) is 5.78 Å². The van der Waals surface area contributed by atoms with E-state index in [2.05, 4.69) is 10.4 Å². The number of halogens is 1. The van der Waals surface area contributed by atoms with Gasteiger partial charge in [0.05, 0.1) is 29.4 Å². The van der Waals surface area contributed by atoms with Gasteiger partial charge in [-0.05, 0) is 27.2 Å². The number of hydrogen-bond acceptors (Lipinski definition) is 3. The molecule has 1 rings (SSSR count). The summed E-state index contributed by atoms with van der Waals surface area (Å²) in [4.78, 5) is 11.9. The molecular formula is C13H22ClN3O. The molecule has 0 aliphatic rings. The molecule has 1 heterocycles. The zero-order valence-electron chi connectivity index (χ0n) is 11.8. The van der Waals surface area contributed by atoms with Gasteiger partial charge in [0.2, 0.25) is 0 Å². The number of aryl methyl sites for hydroxylation is 2. The number of aromatic nitrogens is 2. The normalized spacial score (nSPS) is 11.9. The Morgan fingerprint density at radius 1 is 1.44 bits per heavy atom. The van der Waals surface area contributed by atoms with Crippen molar-refractivity contribution in [3.05, 3.63) is 16.4 Å². The van der Waals surface area contributed by atoms with Gasteiger partial charge in [0.25, 0.3) is 0 Å². The quantitative estimate of drug-likeness (QED) is 0.893. The van der Waals surface area contributed by atoms with Crippen molar-refractivity contribution in [1.29, 1.82) is 0 Å². The lowest BCUT2D eigenvalue weighted by Crippen LogP contribution is -2.39. The Labute approximate surface area is 114 Å². The smallest absolute Gasteiger partial charge is 0.152 e. The number of carbonyl (C=O) groups excluding carboxylic acids is 1. The van der Waals surface area contributed by atoms with Crippen LogP contribution in [0.5, 0.6) is 0 Å². The fourth-order valence-corrected chi connectivity index (χ4v) is 1.99. The molecule has 5 heteroatoms. The molecule has 4 nitrogen and oxygen atoms in total. The van der Waals surface area contributed by atoms with Crippen molar-refractivity contribution in [3.63, 3.8) is 0 Å². The summed E-state index contributed by atoms with van der Waals surface area (Å²) < 4.78 is 1.70. The molecule has 0 aliphatic heterocycles. The average Bonchev–Trinajstić information content (AvgIpc) is 2.53. The van der Waals surface area contributed by atoms with Crippen LogP contribution in [0.3, 0.4) is 0 Å². The molecule has 0 amide bonds. The third-order valence-electron chi connectivity index (χ3n) is 2.68. The van der Waals surface area contributed by atoms with E-state index in [1.54, 1.807) is 4.68 Å². The summed E-state index contributed by atoms with van der Waals surface area (Å²) in [5.41, 5.74) is 1.60. The fraction of sp³-hybridized carbons (Fsp3) is 0.692. The Hall–Kier alpha value is -0.870. The van der Waals surface area contributed by atoms with Crippen molar-refractivity contribution in [2.24, 2.45) is 7.05 Å². The van der Waals surface area contributed by atoms with Crippen LogP contribution < -0.4 is 5.32 Å². The van der Waals surface area contributed by atoms with Gasteiger partial charge in [-0.25, -0.2) is 0 Å². The summed E-state index contributed by atoms with van der Waals surface area (Å²) in [6, 6.07) is 0. The van der Waals surface area contributed by atoms with Crippen molar-refractivity contribution >= 4 is 17.4 Å². The van der Waals surface area contributed by atoms with Crippen molar-refractivity contribution < 1.29 is 4.79 Å². The van der Waals surface area contributed by atoms with Crippen LogP contribution >= 0.6 is 11.6 Å². The summed E-state index contributed by atoms with van der Waals surface area (Å²) in [6.07, 6.45) is 1.10. The number of Topliss-reactive ketones (excluding diaryl/α,β-unsaturated/α-hetero) is 1. The van der Waals surface area contributed by atoms with Gasteiger partial charge in [-0.2, -0.15) is 5.10 Å². The molecule has 1 aromatic rings. The van der Waals surface area contributed by atoms with Gasteiger partial charge in [0, 0.05) is 12.6 Å². The van der Waals surface area contributed by atoms with E-state index in [0.29, 0.717) is 18.0 Å². The zero-order chi connectivity index (χ0) is 13.9. The summed E-state index contributed by atoms with van der Waals surface area (Å²) in [7, 11) is 1.82. The van der Waals surface area contributed by atoms with E-state index in [9.17, 15) is 4.79 Å². The minimum Gasteiger partial charge on any atom is -0.305 e. The molecule has 0 aliphatic carbocycles. The van der Waals surface area contributed by atoms with Crippen LogP contribution in [0.4, 0.5) is 0 Å². The highest BCUT2D eigenvalue weighted by molar-refractivity contribution is 6.32. The first kappa shape index (κ1) is 15.2. The molecule has 0 aromatic carbocycles. The minimum atomic E-state index is -0.0551.